The second kappa shape index (κ2) is 5.09. The Hall–Kier alpha value is -1.34. The number of hydrogen-bond acceptors (Lipinski definition) is 4. The Morgan fingerprint density at radius 3 is 2.82 bits per heavy atom. The first-order valence-electron chi connectivity index (χ1n) is 8.05. The molecule has 0 spiro atoms. The first-order valence-corrected chi connectivity index (χ1v) is 8.05. The largest absolute Gasteiger partial charge is 0.378 e. The van der Waals surface area contributed by atoms with E-state index in [1.807, 2.05) is 30.6 Å². The number of ether oxygens (including phenoxy) is 1. The Bertz CT molecular complexity index is 495. The molecular weight excluding hydrogens is 284 g/mol. The third kappa shape index (κ3) is 2.02. The van der Waals surface area contributed by atoms with E-state index in [0.717, 1.165) is 0 Å². The second-order valence-corrected chi connectivity index (χ2v) is 7.13. The van der Waals surface area contributed by atoms with Crippen molar-refractivity contribution >= 4 is 11.9 Å². The molecule has 0 bridgehead atoms. The van der Waals surface area contributed by atoms with Crippen molar-refractivity contribution in [2.24, 2.45) is 11.1 Å². The lowest BCUT2D eigenvalue weighted by molar-refractivity contribution is -0.180. The van der Waals surface area contributed by atoms with Crippen molar-refractivity contribution in [2.75, 3.05) is 32.8 Å². The molecule has 3 rings (SSSR count). The van der Waals surface area contributed by atoms with Crippen molar-refractivity contribution in [1.82, 2.24) is 15.1 Å². The molecule has 2 saturated heterocycles. The van der Waals surface area contributed by atoms with E-state index >= 15 is 0 Å². The maximum absolute atomic E-state index is 13.0. The van der Waals surface area contributed by atoms with Gasteiger partial charge in [-0.2, -0.15) is 0 Å². The number of nitrogens with zero attached hydrogens (tertiary/aromatic N) is 2. The highest BCUT2D eigenvalue weighted by Gasteiger charge is 2.64. The number of carbonyl (C=O) groups is 2. The van der Waals surface area contributed by atoms with Gasteiger partial charge >= 0.3 is 6.03 Å². The van der Waals surface area contributed by atoms with Crippen molar-refractivity contribution < 1.29 is 14.3 Å². The van der Waals surface area contributed by atoms with Gasteiger partial charge in [-0.1, -0.05) is 13.8 Å². The summed E-state index contributed by atoms with van der Waals surface area (Å²) >= 11 is 0. The van der Waals surface area contributed by atoms with Crippen LogP contribution in [0.25, 0.3) is 0 Å². The average Bonchev–Trinajstić information content (AvgIpc) is 2.87. The molecule has 0 aromatic heterocycles. The van der Waals surface area contributed by atoms with Gasteiger partial charge in [0.1, 0.15) is 5.54 Å². The molecular formula is C15H26N4O3. The minimum Gasteiger partial charge on any atom is -0.378 e. The Balaban J connectivity index is 1.69. The summed E-state index contributed by atoms with van der Waals surface area (Å²) in [6.45, 7) is 8.89. The molecule has 0 aromatic rings. The van der Waals surface area contributed by atoms with E-state index in [1.54, 1.807) is 0 Å². The molecule has 0 aromatic carbocycles. The molecule has 3 aliphatic rings. The zero-order valence-corrected chi connectivity index (χ0v) is 13.6. The van der Waals surface area contributed by atoms with E-state index in [1.165, 1.54) is 0 Å². The summed E-state index contributed by atoms with van der Waals surface area (Å²) in [5.74, 6) is -0.00699. The third-order valence-electron chi connectivity index (χ3n) is 5.73. The van der Waals surface area contributed by atoms with Crippen LogP contribution in [-0.4, -0.2) is 72.2 Å². The summed E-state index contributed by atoms with van der Waals surface area (Å²) < 4.78 is 5.70. The van der Waals surface area contributed by atoms with Gasteiger partial charge in [0.2, 0.25) is 5.91 Å². The molecule has 124 valence electrons. The summed E-state index contributed by atoms with van der Waals surface area (Å²) in [6, 6.07) is 0.0413. The zero-order valence-electron chi connectivity index (χ0n) is 13.6. The number of piperazine rings is 1. The van der Waals surface area contributed by atoms with Gasteiger partial charge in [-0.05, 0) is 6.92 Å². The standard InChI is InChI=1S/C15H26N4O3/c1-4-22-11-7-15(16,14(11,2)3)12(20)18-5-6-19-10(9-18)8-17-13(19)21/h10-11H,4-9,16H2,1-3H3,(H,17,21). The molecule has 7 heteroatoms. The molecule has 3 unspecified atom stereocenters. The van der Waals surface area contributed by atoms with Crippen LogP contribution < -0.4 is 11.1 Å². The lowest BCUT2D eigenvalue weighted by Gasteiger charge is -2.59. The molecule has 0 radical (unpaired) electrons. The van der Waals surface area contributed by atoms with Crippen LogP contribution in [0.15, 0.2) is 0 Å². The Morgan fingerprint density at radius 2 is 2.18 bits per heavy atom. The molecule has 3 amide bonds. The summed E-state index contributed by atoms with van der Waals surface area (Å²) in [4.78, 5) is 28.2. The van der Waals surface area contributed by atoms with E-state index in [0.29, 0.717) is 39.2 Å². The number of hydrogen-bond donors (Lipinski definition) is 2. The molecule has 2 heterocycles. The second-order valence-electron chi connectivity index (χ2n) is 7.13. The van der Waals surface area contributed by atoms with Crippen LogP contribution in [0.3, 0.4) is 0 Å². The van der Waals surface area contributed by atoms with Crippen LogP contribution in [0, 0.1) is 5.41 Å². The van der Waals surface area contributed by atoms with Crippen LogP contribution >= 0.6 is 0 Å². The summed E-state index contributed by atoms with van der Waals surface area (Å²) in [5, 5.41) is 2.83. The lowest BCUT2D eigenvalue weighted by atomic mass is 9.54. The Morgan fingerprint density at radius 1 is 1.45 bits per heavy atom. The smallest absolute Gasteiger partial charge is 0.317 e. The molecule has 7 nitrogen and oxygen atoms in total. The van der Waals surface area contributed by atoms with Gasteiger partial charge in [-0.3, -0.25) is 4.79 Å². The number of nitrogens with two attached hydrogens (primary N) is 1. The highest BCUT2D eigenvalue weighted by atomic mass is 16.5. The minimum absolute atomic E-state index is 0.00699. The van der Waals surface area contributed by atoms with Crippen molar-refractivity contribution in [2.45, 2.75) is 44.9 Å². The maximum atomic E-state index is 13.0. The van der Waals surface area contributed by atoms with Crippen LogP contribution in [0.5, 0.6) is 0 Å². The fourth-order valence-electron chi connectivity index (χ4n) is 3.87. The number of fused-ring (bicyclic) bond motifs is 1. The van der Waals surface area contributed by atoms with Gasteiger partial charge in [0.25, 0.3) is 0 Å². The maximum Gasteiger partial charge on any atom is 0.317 e. The van der Waals surface area contributed by atoms with Gasteiger partial charge in [0.05, 0.1) is 12.1 Å². The molecule has 3 atom stereocenters. The summed E-state index contributed by atoms with van der Waals surface area (Å²) in [6.07, 6.45) is 0.594. The Kier molecular flexibility index (Phi) is 3.60. The lowest BCUT2D eigenvalue weighted by Crippen LogP contribution is -2.77. The van der Waals surface area contributed by atoms with Gasteiger partial charge < -0.3 is 25.6 Å². The quantitative estimate of drug-likeness (QED) is 0.753. The number of nitrogens with one attached hydrogen (secondary N) is 1. The molecule has 1 saturated carbocycles. The topological polar surface area (TPSA) is 87.9 Å². The van der Waals surface area contributed by atoms with Crippen LogP contribution in [0.2, 0.25) is 0 Å². The molecule has 3 fully saturated rings. The normalized spacial score (nSPS) is 36.6. The predicted octanol–water partition coefficient (Wildman–Crippen LogP) is -0.245. The molecule has 22 heavy (non-hydrogen) atoms. The molecule has 3 N–H and O–H groups in total. The van der Waals surface area contributed by atoms with Crippen LogP contribution in [0.1, 0.15) is 27.2 Å². The van der Waals surface area contributed by atoms with Crippen molar-refractivity contribution in [3.05, 3.63) is 0 Å². The average molecular weight is 310 g/mol. The minimum atomic E-state index is -0.870. The van der Waals surface area contributed by atoms with E-state index in [9.17, 15) is 9.59 Å². The van der Waals surface area contributed by atoms with Gasteiger partial charge in [-0.15, -0.1) is 0 Å². The first kappa shape index (κ1) is 15.6. The number of urea groups is 1. The number of carbonyl (C=O) groups excluding carboxylic acids is 2. The highest BCUT2D eigenvalue weighted by Crippen LogP contribution is 2.50. The predicted molar refractivity (Wildman–Crippen MR) is 81.2 cm³/mol. The van der Waals surface area contributed by atoms with E-state index < -0.39 is 5.54 Å². The van der Waals surface area contributed by atoms with Crippen LogP contribution in [0.4, 0.5) is 4.79 Å². The Labute approximate surface area is 131 Å². The SMILES string of the molecule is CCOC1CC(N)(C(=O)N2CCN3C(=O)NCC3C2)C1(C)C. The highest BCUT2D eigenvalue weighted by molar-refractivity contribution is 5.89. The first-order chi connectivity index (χ1) is 10.3. The van der Waals surface area contributed by atoms with Gasteiger partial charge in [0.15, 0.2) is 0 Å². The van der Waals surface area contributed by atoms with Crippen molar-refractivity contribution in [1.29, 1.82) is 0 Å². The van der Waals surface area contributed by atoms with E-state index in [2.05, 4.69) is 5.32 Å². The molecule has 1 aliphatic carbocycles. The van der Waals surface area contributed by atoms with E-state index in [4.69, 9.17) is 10.5 Å². The van der Waals surface area contributed by atoms with Gasteiger partial charge in [0, 0.05) is 44.6 Å². The summed E-state index contributed by atoms with van der Waals surface area (Å²) in [7, 11) is 0. The molecule has 2 aliphatic heterocycles. The summed E-state index contributed by atoms with van der Waals surface area (Å²) in [5.41, 5.74) is 5.23. The number of rotatable bonds is 3. The fourth-order valence-corrected chi connectivity index (χ4v) is 3.87. The number of amides is 3. The van der Waals surface area contributed by atoms with E-state index in [-0.39, 0.29) is 29.5 Å². The monoisotopic (exact) mass is 310 g/mol. The zero-order chi connectivity index (χ0) is 16.1. The third-order valence-corrected chi connectivity index (χ3v) is 5.73. The fraction of sp³-hybridized carbons (Fsp3) is 0.867. The van der Waals surface area contributed by atoms with Crippen LogP contribution in [-0.2, 0) is 9.53 Å². The van der Waals surface area contributed by atoms with Crippen molar-refractivity contribution in [3.63, 3.8) is 0 Å². The van der Waals surface area contributed by atoms with Gasteiger partial charge in [-0.25, -0.2) is 4.79 Å². The van der Waals surface area contributed by atoms with Crippen molar-refractivity contribution in [3.8, 4) is 0 Å².